The molecule has 0 saturated heterocycles. The normalized spacial score (nSPS) is 19.1. The number of nitrogens with one attached hydrogen (secondary N) is 1. The van der Waals surface area contributed by atoms with Crippen LogP contribution in [-0.4, -0.2) is 41.3 Å². The molecule has 156 valence electrons. The minimum atomic E-state index is -0.150. The van der Waals surface area contributed by atoms with E-state index in [1.54, 1.807) is 6.08 Å². The van der Waals surface area contributed by atoms with Gasteiger partial charge in [-0.1, -0.05) is 68.3 Å². The summed E-state index contributed by atoms with van der Waals surface area (Å²) in [5.74, 6) is 1.42. The lowest BCUT2D eigenvalue weighted by molar-refractivity contribution is 0.143. The third kappa shape index (κ3) is 6.75. The molecule has 0 spiro atoms. The standard InChI is InChI=1S/C25H36N4/c1-7-9-15-25(4,5)28(6)20-27-21(3)29(8-2)24-16-23(17-24)19-26-18-22-13-11-10-12-14-22/h7-15,20,23-24,26H,1-3,16-19H2,4-6H3/b15-9-,27-20?. The topological polar surface area (TPSA) is 30.9 Å². The molecule has 0 aliphatic heterocycles. The predicted molar refractivity (Wildman–Crippen MR) is 126 cm³/mol. The van der Waals surface area contributed by atoms with Crippen molar-refractivity contribution in [3.8, 4) is 0 Å². The highest BCUT2D eigenvalue weighted by atomic mass is 15.3. The molecule has 1 fully saturated rings. The average Bonchev–Trinajstić information content (AvgIpc) is 2.69. The van der Waals surface area contributed by atoms with Crippen LogP contribution in [0.3, 0.4) is 0 Å². The number of benzene rings is 1. The molecule has 1 aliphatic rings. The molecule has 1 N–H and O–H groups in total. The zero-order valence-electron chi connectivity index (χ0n) is 18.2. The molecule has 2 rings (SSSR count). The van der Waals surface area contributed by atoms with Crippen molar-refractivity contribution in [1.29, 1.82) is 0 Å². The monoisotopic (exact) mass is 392 g/mol. The van der Waals surface area contributed by atoms with Gasteiger partial charge in [-0.05, 0) is 50.9 Å². The minimum Gasteiger partial charge on any atom is -0.357 e. The molecule has 4 nitrogen and oxygen atoms in total. The van der Waals surface area contributed by atoms with Gasteiger partial charge in [0.2, 0.25) is 0 Å². The van der Waals surface area contributed by atoms with Crippen LogP contribution in [0.1, 0.15) is 32.3 Å². The minimum absolute atomic E-state index is 0.150. The molecule has 0 atom stereocenters. The van der Waals surface area contributed by atoms with Gasteiger partial charge in [0.15, 0.2) is 0 Å². The number of hydrogen-bond donors (Lipinski definition) is 1. The maximum atomic E-state index is 4.59. The zero-order valence-corrected chi connectivity index (χ0v) is 18.2. The highest BCUT2D eigenvalue weighted by Gasteiger charge is 2.33. The first-order valence-electron chi connectivity index (χ1n) is 10.3. The fraction of sp³-hybridized carbons (Fsp3) is 0.400. The first-order chi connectivity index (χ1) is 13.9. The lowest BCUT2D eigenvalue weighted by Crippen LogP contribution is -2.44. The zero-order chi connectivity index (χ0) is 21.3. The molecule has 0 aromatic heterocycles. The number of likely N-dealkylation sites (N-methyl/N-ethyl adjacent to an activating group) is 1. The number of rotatable bonds is 12. The van der Waals surface area contributed by atoms with Gasteiger partial charge in [0, 0.05) is 19.6 Å². The highest BCUT2D eigenvalue weighted by Crippen LogP contribution is 2.33. The van der Waals surface area contributed by atoms with E-state index < -0.39 is 0 Å². The quantitative estimate of drug-likeness (QED) is 0.310. The van der Waals surface area contributed by atoms with Gasteiger partial charge in [-0.25, -0.2) is 4.99 Å². The maximum Gasteiger partial charge on any atom is 0.127 e. The van der Waals surface area contributed by atoms with Crippen LogP contribution in [0.25, 0.3) is 0 Å². The van der Waals surface area contributed by atoms with E-state index in [9.17, 15) is 0 Å². The second-order valence-corrected chi connectivity index (χ2v) is 8.22. The van der Waals surface area contributed by atoms with Crippen LogP contribution in [-0.2, 0) is 6.54 Å². The summed E-state index contributed by atoms with van der Waals surface area (Å²) in [7, 11) is 2.01. The van der Waals surface area contributed by atoms with Crippen molar-refractivity contribution < 1.29 is 0 Å². The number of allylic oxidation sites excluding steroid dienone is 2. The van der Waals surface area contributed by atoms with Crippen molar-refractivity contribution >= 4 is 6.34 Å². The van der Waals surface area contributed by atoms with E-state index >= 15 is 0 Å². The van der Waals surface area contributed by atoms with Crippen LogP contribution in [0.2, 0.25) is 0 Å². The van der Waals surface area contributed by atoms with Crippen LogP contribution < -0.4 is 5.32 Å². The van der Waals surface area contributed by atoms with E-state index in [2.05, 4.69) is 90.1 Å². The van der Waals surface area contributed by atoms with Crippen LogP contribution in [0, 0.1) is 5.92 Å². The SMILES string of the molecule is C=C/C=C\C(C)(C)N(C)C=NC(=C)N(C=C)C1CC(CNCc2ccccc2)C1. The van der Waals surface area contributed by atoms with Crippen LogP contribution in [0.15, 0.2) is 85.3 Å². The summed E-state index contributed by atoms with van der Waals surface area (Å²) in [6, 6.07) is 11.0. The van der Waals surface area contributed by atoms with Gasteiger partial charge in [-0.2, -0.15) is 0 Å². The second-order valence-electron chi connectivity index (χ2n) is 8.22. The molecule has 1 saturated carbocycles. The molecule has 0 unspecified atom stereocenters. The van der Waals surface area contributed by atoms with Crippen molar-refractivity contribution in [2.45, 2.75) is 44.8 Å². The predicted octanol–water partition coefficient (Wildman–Crippen LogP) is 4.95. The smallest absolute Gasteiger partial charge is 0.127 e. The van der Waals surface area contributed by atoms with Crippen molar-refractivity contribution in [2.24, 2.45) is 10.9 Å². The Kier molecular flexibility index (Phi) is 8.47. The molecule has 1 aromatic carbocycles. The molecule has 29 heavy (non-hydrogen) atoms. The van der Waals surface area contributed by atoms with E-state index in [0.29, 0.717) is 12.0 Å². The van der Waals surface area contributed by atoms with E-state index in [-0.39, 0.29) is 5.54 Å². The van der Waals surface area contributed by atoms with Gasteiger partial charge in [0.05, 0.1) is 11.9 Å². The summed E-state index contributed by atoms with van der Waals surface area (Å²) in [6.07, 6.45) is 11.8. The Bertz CT molecular complexity index is 726. The average molecular weight is 393 g/mol. The summed E-state index contributed by atoms with van der Waals surface area (Å²) in [5.41, 5.74) is 1.18. The lowest BCUT2D eigenvalue weighted by atomic mass is 9.79. The molecule has 4 heteroatoms. The molecular weight excluding hydrogens is 356 g/mol. The Morgan fingerprint density at radius 2 is 1.93 bits per heavy atom. The summed E-state index contributed by atoms with van der Waals surface area (Å²) in [5, 5.41) is 3.57. The molecule has 0 radical (unpaired) electrons. The Hall–Kier alpha value is -2.59. The molecule has 0 amide bonds. The Labute approximate surface area is 177 Å². The van der Waals surface area contributed by atoms with E-state index in [1.807, 2.05) is 25.7 Å². The van der Waals surface area contributed by atoms with Crippen LogP contribution in [0.4, 0.5) is 0 Å². The van der Waals surface area contributed by atoms with Crippen molar-refractivity contribution in [2.75, 3.05) is 13.6 Å². The van der Waals surface area contributed by atoms with Gasteiger partial charge < -0.3 is 15.1 Å². The van der Waals surface area contributed by atoms with Crippen molar-refractivity contribution in [3.63, 3.8) is 0 Å². The van der Waals surface area contributed by atoms with Crippen LogP contribution >= 0.6 is 0 Å². The Morgan fingerprint density at radius 1 is 1.24 bits per heavy atom. The van der Waals surface area contributed by atoms with Crippen molar-refractivity contribution in [1.82, 2.24) is 15.1 Å². The van der Waals surface area contributed by atoms with Gasteiger partial charge in [0.1, 0.15) is 5.82 Å². The van der Waals surface area contributed by atoms with E-state index in [4.69, 9.17) is 0 Å². The summed E-state index contributed by atoms with van der Waals surface area (Å²) >= 11 is 0. The Balaban J connectivity index is 1.78. The van der Waals surface area contributed by atoms with Crippen LogP contribution in [0.5, 0.6) is 0 Å². The number of nitrogens with zero attached hydrogens (tertiary/aromatic N) is 3. The number of hydrogen-bond acceptors (Lipinski definition) is 3. The fourth-order valence-corrected chi connectivity index (χ4v) is 3.37. The Morgan fingerprint density at radius 3 is 2.55 bits per heavy atom. The lowest BCUT2D eigenvalue weighted by Gasteiger charge is -2.42. The molecule has 0 heterocycles. The first kappa shape index (κ1) is 22.7. The summed E-state index contributed by atoms with van der Waals surface area (Å²) < 4.78 is 0. The number of aliphatic imine (C=N–C) groups is 1. The molecular formula is C25H36N4. The fourth-order valence-electron chi connectivity index (χ4n) is 3.37. The van der Waals surface area contributed by atoms with Crippen molar-refractivity contribution in [3.05, 3.63) is 85.9 Å². The first-order valence-corrected chi connectivity index (χ1v) is 10.3. The van der Waals surface area contributed by atoms with Gasteiger partial charge in [-0.15, -0.1) is 0 Å². The van der Waals surface area contributed by atoms with E-state index in [0.717, 1.165) is 31.8 Å². The van der Waals surface area contributed by atoms with Gasteiger partial charge in [0.25, 0.3) is 0 Å². The molecule has 1 aliphatic carbocycles. The molecule has 1 aromatic rings. The summed E-state index contributed by atoms with van der Waals surface area (Å²) in [6.45, 7) is 18.1. The summed E-state index contributed by atoms with van der Waals surface area (Å²) in [4.78, 5) is 8.75. The largest absolute Gasteiger partial charge is 0.357 e. The van der Waals surface area contributed by atoms with E-state index in [1.165, 1.54) is 5.56 Å². The third-order valence-corrected chi connectivity index (χ3v) is 5.63. The third-order valence-electron chi connectivity index (χ3n) is 5.63. The van der Waals surface area contributed by atoms with Gasteiger partial charge in [-0.3, -0.25) is 0 Å². The maximum absolute atomic E-state index is 4.59. The highest BCUT2D eigenvalue weighted by molar-refractivity contribution is 5.58. The van der Waals surface area contributed by atoms with Gasteiger partial charge >= 0.3 is 0 Å². The second kappa shape index (κ2) is 10.8. The molecule has 0 bridgehead atoms.